The zero-order chi connectivity index (χ0) is 17.6. The fourth-order valence-corrected chi connectivity index (χ4v) is 4.00. The van der Waals surface area contributed by atoms with Gasteiger partial charge < -0.3 is 11.1 Å². The van der Waals surface area contributed by atoms with E-state index >= 15 is 0 Å². The van der Waals surface area contributed by atoms with Crippen LogP contribution in [0, 0.1) is 12.8 Å². The number of piperidine rings is 1. The molecule has 0 radical (unpaired) electrons. The molecule has 1 aromatic rings. The van der Waals surface area contributed by atoms with Crippen LogP contribution < -0.4 is 11.1 Å². The van der Waals surface area contributed by atoms with Gasteiger partial charge in [0.1, 0.15) is 0 Å². The number of nitrogens with one attached hydrogen (secondary N) is 1. The van der Waals surface area contributed by atoms with Crippen LogP contribution in [-0.2, 0) is 6.54 Å². The molecule has 1 heterocycles. The largest absolute Gasteiger partial charge is 0.351 e. The van der Waals surface area contributed by atoms with Crippen molar-refractivity contribution in [3.63, 3.8) is 0 Å². The lowest BCUT2D eigenvalue weighted by atomic mass is 9.89. The number of anilines is 1. The molecule has 1 aliphatic carbocycles. The molecule has 1 atom stereocenters. The van der Waals surface area contributed by atoms with E-state index in [1.807, 2.05) is 12.1 Å². The Morgan fingerprint density at radius 2 is 2.24 bits per heavy atom. The van der Waals surface area contributed by atoms with Crippen LogP contribution >= 0.6 is 0 Å². The van der Waals surface area contributed by atoms with Gasteiger partial charge in [-0.15, -0.1) is 0 Å². The van der Waals surface area contributed by atoms with E-state index in [0.29, 0.717) is 0 Å². The number of benzene rings is 1. The maximum Gasteiger partial charge on any atom is 0.316 e. The van der Waals surface area contributed by atoms with E-state index in [-0.39, 0.29) is 0 Å². The number of carbonyl (C=O) groups is 1. The summed E-state index contributed by atoms with van der Waals surface area (Å²) < 4.78 is 0. The number of urea groups is 1. The number of hydrogen-bond donors (Lipinski definition) is 2. The lowest BCUT2D eigenvalue weighted by molar-refractivity contribution is 0.167. The highest BCUT2D eigenvalue weighted by atomic mass is 16.2. The van der Waals surface area contributed by atoms with Gasteiger partial charge in [-0.3, -0.25) is 4.90 Å². The minimum atomic E-state index is -0.501. The lowest BCUT2D eigenvalue weighted by Crippen LogP contribution is -2.35. The predicted molar refractivity (Wildman–Crippen MR) is 103 cm³/mol. The summed E-state index contributed by atoms with van der Waals surface area (Å²) in [5.74, 6) is 0.722. The van der Waals surface area contributed by atoms with Crippen molar-refractivity contribution < 1.29 is 4.79 Å². The predicted octanol–water partition coefficient (Wildman–Crippen LogP) is 4.36. The quantitative estimate of drug-likeness (QED) is 0.837. The van der Waals surface area contributed by atoms with E-state index in [9.17, 15) is 4.79 Å². The van der Waals surface area contributed by atoms with Gasteiger partial charge in [0.2, 0.25) is 0 Å². The average molecular weight is 339 g/mol. The number of carbonyl (C=O) groups excluding carboxylic acids is 1. The fourth-order valence-electron chi connectivity index (χ4n) is 4.00. The SMILES string of the molecule is Cc1cccc(NC(N)=O)c1CN1CCCC(CC2=CCCC=C2)C1. The molecule has 1 saturated heterocycles. The number of nitrogens with two attached hydrogens (primary N) is 1. The van der Waals surface area contributed by atoms with E-state index in [1.165, 1.54) is 48.8 Å². The molecule has 1 aliphatic heterocycles. The molecular formula is C21H29N3O. The van der Waals surface area contributed by atoms with Gasteiger partial charge in [0.15, 0.2) is 0 Å². The van der Waals surface area contributed by atoms with Crippen LogP contribution in [0.15, 0.2) is 42.0 Å². The Morgan fingerprint density at radius 1 is 1.36 bits per heavy atom. The van der Waals surface area contributed by atoms with Gasteiger partial charge in [0.25, 0.3) is 0 Å². The van der Waals surface area contributed by atoms with Gasteiger partial charge in [-0.1, -0.05) is 35.9 Å². The van der Waals surface area contributed by atoms with E-state index in [4.69, 9.17) is 5.73 Å². The molecule has 2 amide bonds. The molecule has 1 fully saturated rings. The minimum absolute atomic E-state index is 0.501. The topological polar surface area (TPSA) is 58.4 Å². The summed E-state index contributed by atoms with van der Waals surface area (Å²) in [4.78, 5) is 13.8. The van der Waals surface area contributed by atoms with Crippen LogP contribution in [0.1, 0.15) is 43.2 Å². The summed E-state index contributed by atoms with van der Waals surface area (Å²) in [5, 5.41) is 2.77. The number of hydrogen-bond acceptors (Lipinski definition) is 2. The Morgan fingerprint density at radius 3 is 3.00 bits per heavy atom. The first-order chi connectivity index (χ1) is 12.1. The van der Waals surface area contributed by atoms with E-state index in [2.05, 4.69) is 41.4 Å². The second kappa shape index (κ2) is 8.34. The summed E-state index contributed by atoms with van der Waals surface area (Å²) in [6, 6.07) is 5.50. The van der Waals surface area contributed by atoms with Gasteiger partial charge in [-0.2, -0.15) is 0 Å². The highest BCUT2D eigenvalue weighted by Gasteiger charge is 2.22. The molecule has 1 aromatic carbocycles. The molecule has 4 nitrogen and oxygen atoms in total. The third-order valence-corrected chi connectivity index (χ3v) is 5.25. The van der Waals surface area contributed by atoms with Crippen LogP contribution in [-0.4, -0.2) is 24.0 Å². The molecule has 3 rings (SSSR count). The van der Waals surface area contributed by atoms with E-state index < -0.39 is 6.03 Å². The van der Waals surface area contributed by atoms with E-state index in [0.717, 1.165) is 31.2 Å². The lowest BCUT2D eigenvalue weighted by Gasteiger charge is -2.34. The molecule has 134 valence electrons. The van der Waals surface area contributed by atoms with Crippen molar-refractivity contribution in [1.29, 1.82) is 0 Å². The second-order valence-electron chi connectivity index (χ2n) is 7.30. The Balaban J connectivity index is 1.65. The summed E-state index contributed by atoms with van der Waals surface area (Å²) in [5.41, 5.74) is 10.1. The first-order valence-corrected chi connectivity index (χ1v) is 9.34. The first kappa shape index (κ1) is 17.7. The first-order valence-electron chi connectivity index (χ1n) is 9.34. The molecule has 0 spiro atoms. The van der Waals surface area contributed by atoms with E-state index in [1.54, 1.807) is 0 Å². The van der Waals surface area contributed by atoms with Crippen LogP contribution in [0.2, 0.25) is 0 Å². The average Bonchev–Trinajstić information content (AvgIpc) is 2.59. The van der Waals surface area contributed by atoms with Crippen molar-refractivity contribution in [3.8, 4) is 0 Å². The molecule has 0 saturated carbocycles. The number of allylic oxidation sites excluding steroid dienone is 4. The number of likely N-dealkylation sites (tertiary alicyclic amines) is 1. The normalized spacial score (nSPS) is 21.0. The summed E-state index contributed by atoms with van der Waals surface area (Å²) in [6.45, 7) is 5.21. The van der Waals surface area contributed by atoms with Crippen molar-refractivity contribution in [2.45, 2.75) is 45.6 Å². The van der Waals surface area contributed by atoms with Crippen LogP contribution in [0.5, 0.6) is 0 Å². The van der Waals surface area contributed by atoms with Crippen LogP contribution in [0.25, 0.3) is 0 Å². The fraction of sp³-hybridized carbons (Fsp3) is 0.476. The smallest absolute Gasteiger partial charge is 0.316 e. The van der Waals surface area contributed by atoms with Crippen molar-refractivity contribution in [2.24, 2.45) is 11.7 Å². The molecule has 25 heavy (non-hydrogen) atoms. The molecule has 3 N–H and O–H groups in total. The number of nitrogens with zero attached hydrogens (tertiary/aromatic N) is 1. The van der Waals surface area contributed by atoms with Crippen molar-refractivity contribution in [3.05, 3.63) is 53.1 Å². The number of amides is 2. The van der Waals surface area contributed by atoms with Gasteiger partial charge in [0, 0.05) is 18.8 Å². The maximum absolute atomic E-state index is 11.3. The number of aryl methyl sites for hydroxylation is 1. The molecule has 4 heteroatoms. The Kier molecular flexibility index (Phi) is 5.92. The minimum Gasteiger partial charge on any atom is -0.351 e. The molecule has 0 bridgehead atoms. The molecule has 2 aliphatic rings. The van der Waals surface area contributed by atoms with Crippen molar-refractivity contribution >= 4 is 11.7 Å². The standard InChI is InChI=1S/C21H29N3O/c1-16-7-5-11-20(23-21(22)25)19(16)15-24-12-6-10-18(14-24)13-17-8-3-2-4-9-17/h3,5,7-9,11,18H,2,4,6,10,12-15H2,1H3,(H3,22,23,25). The van der Waals surface area contributed by atoms with Gasteiger partial charge in [-0.25, -0.2) is 4.79 Å². The Hall–Kier alpha value is -2.07. The Labute approximate surface area is 150 Å². The monoisotopic (exact) mass is 339 g/mol. The van der Waals surface area contributed by atoms with Crippen LogP contribution in [0.4, 0.5) is 10.5 Å². The zero-order valence-corrected chi connectivity index (χ0v) is 15.1. The number of rotatable bonds is 5. The van der Waals surface area contributed by atoms with Crippen LogP contribution in [0.3, 0.4) is 0 Å². The number of primary amides is 1. The second-order valence-corrected chi connectivity index (χ2v) is 7.30. The molecule has 1 unspecified atom stereocenters. The maximum atomic E-state index is 11.3. The molecule has 0 aromatic heterocycles. The zero-order valence-electron chi connectivity index (χ0n) is 15.1. The Bertz CT molecular complexity index is 678. The third-order valence-electron chi connectivity index (χ3n) is 5.25. The summed E-state index contributed by atoms with van der Waals surface area (Å²) >= 11 is 0. The highest BCUT2D eigenvalue weighted by molar-refractivity contribution is 5.88. The van der Waals surface area contributed by atoms with Gasteiger partial charge in [-0.05, 0) is 68.7 Å². The summed E-state index contributed by atoms with van der Waals surface area (Å²) in [6.07, 6.45) is 13.1. The van der Waals surface area contributed by atoms with Gasteiger partial charge in [0.05, 0.1) is 0 Å². The third kappa shape index (κ3) is 4.95. The van der Waals surface area contributed by atoms with Crippen molar-refractivity contribution in [2.75, 3.05) is 18.4 Å². The highest BCUT2D eigenvalue weighted by Crippen LogP contribution is 2.28. The van der Waals surface area contributed by atoms with Gasteiger partial charge >= 0.3 is 6.03 Å². The summed E-state index contributed by atoms with van der Waals surface area (Å²) in [7, 11) is 0. The van der Waals surface area contributed by atoms with Crippen molar-refractivity contribution in [1.82, 2.24) is 4.90 Å². The molecular weight excluding hydrogens is 310 g/mol.